The Kier molecular flexibility index (Phi) is 6.28. The number of hydrogen-bond donors (Lipinski definition) is 4. The van der Waals surface area contributed by atoms with Crippen LogP contribution in [0.4, 0.5) is 16.2 Å². The lowest BCUT2D eigenvalue weighted by atomic mass is 10.0. The fourth-order valence-electron chi connectivity index (χ4n) is 2.68. The van der Waals surface area contributed by atoms with Crippen LogP contribution in [0, 0.1) is 10.5 Å². The standard InChI is InChI=1S/C18H13Cl3IN3O3/c1-7-4-11-14(16(22)15(7)21)12(6-13(26)17(27)23-11)25-18(28)24-10-3-2-8(19)5-9(10)20/h2-6,12,26H,1H3,(H,23,27)(H2,24,25,28). The van der Waals surface area contributed by atoms with Crippen LogP contribution in [0.3, 0.4) is 0 Å². The van der Waals surface area contributed by atoms with Crippen molar-refractivity contribution in [2.75, 3.05) is 10.6 Å². The molecule has 3 amide bonds. The second-order valence-electron chi connectivity index (χ2n) is 5.99. The van der Waals surface area contributed by atoms with Crippen LogP contribution in [0.1, 0.15) is 17.2 Å². The number of hydrogen-bond acceptors (Lipinski definition) is 3. The summed E-state index contributed by atoms with van der Waals surface area (Å²) in [6.07, 6.45) is 1.25. The molecule has 1 atom stereocenters. The molecule has 0 saturated heterocycles. The van der Waals surface area contributed by atoms with Crippen LogP contribution in [0.25, 0.3) is 0 Å². The summed E-state index contributed by atoms with van der Waals surface area (Å²) >= 11 is 20.3. The quantitative estimate of drug-likeness (QED) is 0.354. The Labute approximate surface area is 189 Å². The van der Waals surface area contributed by atoms with Crippen LogP contribution in [-0.4, -0.2) is 17.0 Å². The zero-order valence-electron chi connectivity index (χ0n) is 14.2. The van der Waals surface area contributed by atoms with Gasteiger partial charge in [-0.05, 0) is 65.4 Å². The SMILES string of the molecule is Cc1cc2c(c(I)c1Cl)C(NC(=O)Nc1ccc(Cl)cc1Cl)C=C(O)C(=O)N2. The monoisotopic (exact) mass is 551 g/mol. The van der Waals surface area contributed by atoms with Crippen molar-refractivity contribution in [2.45, 2.75) is 13.0 Å². The third-order valence-corrected chi connectivity index (χ3v) is 6.48. The maximum Gasteiger partial charge on any atom is 0.320 e. The number of fused-ring (bicyclic) bond motifs is 1. The number of aliphatic hydroxyl groups excluding tert-OH is 1. The third-order valence-electron chi connectivity index (χ3n) is 4.01. The van der Waals surface area contributed by atoms with Gasteiger partial charge in [0.15, 0.2) is 5.76 Å². The van der Waals surface area contributed by atoms with E-state index in [0.29, 0.717) is 30.6 Å². The minimum absolute atomic E-state index is 0.271. The van der Waals surface area contributed by atoms with Gasteiger partial charge >= 0.3 is 6.03 Å². The Bertz CT molecular complexity index is 1030. The lowest BCUT2D eigenvalue weighted by Gasteiger charge is -2.21. The average molecular weight is 553 g/mol. The Hall–Kier alpha value is -1.68. The smallest absolute Gasteiger partial charge is 0.320 e. The predicted molar refractivity (Wildman–Crippen MR) is 120 cm³/mol. The summed E-state index contributed by atoms with van der Waals surface area (Å²) in [5.41, 5.74) is 2.12. The van der Waals surface area contributed by atoms with Crippen LogP contribution in [-0.2, 0) is 4.79 Å². The van der Waals surface area contributed by atoms with Gasteiger partial charge in [0.1, 0.15) is 0 Å². The van der Waals surface area contributed by atoms with Crippen LogP contribution in [0.2, 0.25) is 15.1 Å². The van der Waals surface area contributed by atoms with E-state index >= 15 is 0 Å². The highest BCUT2D eigenvalue weighted by molar-refractivity contribution is 14.1. The fourth-order valence-corrected chi connectivity index (χ4v) is 4.35. The number of aryl methyl sites for hydroxylation is 1. The van der Waals surface area contributed by atoms with E-state index in [4.69, 9.17) is 34.8 Å². The lowest BCUT2D eigenvalue weighted by molar-refractivity contribution is -0.115. The van der Waals surface area contributed by atoms with Crippen LogP contribution in [0.15, 0.2) is 36.1 Å². The number of carbonyl (C=O) groups is 2. The molecule has 2 aromatic rings. The first-order chi connectivity index (χ1) is 13.2. The molecule has 0 fully saturated rings. The molecule has 0 aliphatic carbocycles. The number of anilines is 2. The minimum atomic E-state index is -0.815. The number of aliphatic hydroxyl groups is 1. The zero-order chi connectivity index (χ0) is 20.6. The van der Waals surface area contributed by atoms with Gasteiger partial charge in [-0.25, -0.2) is 4.79 Å². The number of amides is 3. The van der Waals surface area contributed by atoms with Gasteiger partial charge in [-0.3, -0.25) is 4.79 Å². The van der Waals surface area contributed by atoms with E-state index in [1.807, 2.05) is 22.6 Å². The van der Waals surface area contributed by atoms with Crippen molar-refractivity contribution in [1.82, 2.24) is 5.32 Å². The first-order valence-corrected chi connectivity index (χ1v) is 10.1. The Balaban J connectivity index is 1.95. The maximum absolute atomic E-state index is 12.5. The largest absolute Gasteiger partial charge is 0.503 e. The summed E-state index contributed by atoms with van der Waals surface area (Å²) in [7, 11) is 0. The van der Waals surface area contributed by atoms with E-state index in [1.54, 1.807) is 25.1 Å². The van der Waals surface area contributed by atoms with Crippen molar-refractivity contribution in [3.63, 3.8) is 0 Å². The molecule has 1 unspecified atom stereocenters. The number of halogens is 4. The molecule has 1 aliphatic heterocycles. The van der Waals surface area contributed by atoms with Gasteiger partial charge in [-0.1, -0.05) is 34.8 Å². The van der Waals surface area contributed by atoms with Crippen molar-refractivity contribution in [3.05, 3.63) is 65.9 Å². The Morgan fingerprint density at radius 3 is 2.64 bits per heavy atom. The van der Waals surface area contributed by atoms with Crippen molar-refractivity contribution in [2.24, 2.45) is 0 Å². The Morgan fingerprint density at radius 2 is 1.96 bits per heavy atom. The summed E-state index contributed by atoms with van der Waals surface area (Å²) in [4.78, 5) is 24.6. The second kappa shape index (κ2) is 8.36. The van der Waals surface area contributed by atoms with E-state index in [0.717, 1.165) is 5.56 Å². The third kappa shape index (κ3) is 4.32. The molecular formula is C18H13Cl3IN3O3. The van der Waals surface area contributed by atoms with E-state index in [9.17, 15) is 14.7 Å². The van der Waals surface area contributed by atoms with Gasteiger partial charge in [0.05, 0.1) is 21.8 Å². The van der Waals surface area contributed by atoms with Crippen LogP contribution in [0.5, 0.6) is 0 Å². The first kappa shape index (κ1) is 21.0. The molecule has 0 spiro atoms. The van der Waals surface area contributed by atoms with Gasteiger partial charge < -0.3 is 21.1 Å². The van der Waals surface area contributed by atoms with Crippen molar-refractivity contribution < 1.29 is 14.7 Å². The number of nitrogens with one attached hydrogen (secondary N) is 3. The molecule has 0 saturated carbocycles. The summed E-state index contributed by atoms with van der Waals surface area (Å²) in [5, 5.41) is 19.2. The number of benzene rings is 2. The number of urea groups is 1. The second-order valence-corrected chi connectivity index (χ2v) is 8.29. The normalized spacial score (nSPS) is 15.8. The molecule has 1 heterocycles. The lowest BCUT2D eigenvalue weighted by Crippen LogP contribution is -2.32. The summed E-state index contributed by atoms with van der Waals surface area (Å²) in [6.45, 7) is 1.80. The van der Waals surface area contributed by atoms with E-state index < -0.39 is 23.7 Å². The highest BCUT2D eigenvalue weighted by atomic mass is 127. The van der Waals surface area contributed by atoms with Crippen molar-refractivity contribution in [1.29, 1.82) is 0 Å². The molecule has 146 valence electrons. The van der Waals surface area contributed by atoms with Gasteiger partial charge in [0.2, 0.25) is 0 Å². The highest BCUT2D eigenvalue weighted by Crippen LogP contribution is 2.38. The molecule has 1 aliphatic rings. The number of carbonyl (C=O) groups excluding carboxylic acids is 2. The van der Waals surface area contributed by atoms with E-state index in [-0.39, 0.29) is 5.02 Å². The number of rotatable bonds is 2. The van der Waals surface area contributed by atoms with Crippen molar-refractivity contribution >= 4 is 80.7 Å². The van der Waals surface area contributed by atoms with Crippen molar-refractivity contribution in [3.8, 4) is 0 Å². The molecule has 3 rings (SSSR count). The molecule has 0 aromatic heterocycles. The van der Waals surface area contributed by atoms with Gasteiger partial charge in [0, 0.05) is 19.8 Å². The molecule has 0 bridgehead atoms. The molecule has 10 heteroatoms. The molecule has 2 aromatic carbocycles. The van der Waals surface area contributed by atoms with E-state index in [2.05, 4.69) is 16.0 Å². The first-order valence-electron chi connectivity index (χ1n) is 7.90. The fraction of sp³-hybridized carbons (Fsp3) is 0.111. The van der Waals surface area contributed by atoms with Gasteiger partial charge in [-0.15, -0.1) is 0 Å². The maximum atomic E-state index is 12.5. The highest BCUT2D eigenvalue weighted by Gasteiger charge is 2.28. The summed E-state index contributed by atoms with van der Waals surface area (Å²) in [6, 6.07) is 4.93. The van der Waals surface area contributed by atoms with Crippen LogP contribution < -0.4 is 16.0 Å². The molecule has 28 heavy (non-hydrogen) atoms. The topological polar surface area (TPSA) is 90.5 Å². The Morgan fingerprint density at radius 1 is 1.25 bits per heavy atom. The van der Waals surface area contributed by atoms with Crippen LogP contribution >= 0.6 is 57.4 Å². The summed E-state index contributed by atoms with van der Waals surface area (Å²) in [5.74, 6) is -1.19. The summed E-state index contributed by atoms with van der Waals surface area (Å²) < 4.78 is 0.648. The van der Waals surface area contributed by atoms with Gasteiger partial charge in [-0.2, -0.15) is 0 Å². The molecular weight excluding hydrogens is 539 g/mol. The molecule has 0 radical (unpaired) electrons. The molecule has 4 N–H and O–H groups in total. The predicted octanol–water partition coefficient (Wildman–Crippen LogP) is 5.82. The molecule has 6 nitrogen and oxygen atoms in total. The minimum Gasteiger partial charge on any atom is -0.503 e. The average Bonchev–Trinajstić information content (AvgIpc) is 2.72. The van der Waals surface area contributed by atoms with E-state index in [1.165, 1.54) is 12.1 Å². The van der Waals surface area contributed by atoms with Gasteiger partial charge in [0.25, 0.3) is 5.91 Å². The zero-order valence-corrected chi connectivity index (χ0v) is 18.7.